The Morgan fingerprint density at radius 2 is 1.94 bits per heavy atom. The number of carboxylic acid groups (broad SMARTS) is 1. The molecule has 0 atom stereocenters. The van der Waals surface area contributed by atoms with E-state index in [0.29, 0.717) is 19.6 Å². The maximum atomic E-state index is 12.0. The molecule has 2 rings (SSSR count). The van der Waals surface area contributed by atoms with Crippen molar-refractivity contribution in [2.45, 2.75) is 31.7 Å². The number of carbonyl (C=O) groups excluding carboxylic acids is 1. The highest BCUT2D eigenvalue weighted by Gasteiger charge is 2.39. The molecule has 1 aliphatic heterocycles. The van der Waals surface area contributed by atoms with Gasteiger partial charge in [-0.25, -0.2) is 4.79 Å². The zero-order valence-electron chi connectivity index (χ0n) is 10.8. The highest BCUT2D eigenvalue weighted by Crippen LogP contribution is 2.34. The van der Waals surface area contributed by atoms with Crippen molar-refractivity contribution in [1.82, 2.24) is 15.1 Å². The van der Waals surface area contributed by atoms with E-state index in [0.717, 1.165) is 25.8 Å². The van der Waals surface area contributed by atoms with Crippen LogP contribution >= 0.6 is 0 Å². The van der Waals surface area contributed by atoms with E-state index in [1.807, 2.05) is 4.90 Å². The molecule has 0 aromatic rings. The molecule has 1 heterocycles. The summed E-state index contributed by atoms with van der Waals surface area (Å²) in [6.45, 7) is 4.81. The molecule has 0 aromatic heterocycles. The highest BCUT2D eigenvalue weighted by atomic mass is 16.4. The van der Waals surface area contributed by atoms with Gasteiger partial charge < -0.3 is 15.3 Å². The molecule has 1 saturated carbocycles. The Kier molecular flexibility index (Phi) is 3.75. The third-order valence-corrected chi connectivity index (χ3v) is 3.64. The van der Waals surface area contributed by atoms with Crippen LogP contribution in [0.5, 0.6) is 0 Å². The SMILES string of the molecule is CC1(NC(=O)N2CCCN(CC(=O)O)CC2)CC1. The molecule has 0 bridgehead atoms. The Morgan fingerprint density at radius 3 is 2.56 bits per heavy atom. The fourth-order valence-electron chi connectivity index (χ4n) is 2.17. The number of amides is 2. The maximum Gasteiger partial charge on any atom is 0.317 e. The van der Waals surface area contributed by atoms with Gasteiger partial charge in [-0.3, -0.25) is 9.69 Å². The quantitative estimate of drug-likeness (QED) is 0.763. The number of carbonyl (C=O) groups is 2. The van der Waals surface area contributed by atoms with Crippen molar-refractivity contribution >= 4 is 12.0 Å². The Hall–Kier alpha value is -1.30. The minimum Gasteiger partial charge on any atom is -0.480 e. The van der Waals surface area contributed by atoms with Crippen LogP contribution in [0.3, 0.4) is 0 Å². The average Bonchev–Trinajstić information content (AvgIpc) is 3.02. The average molecular weight is 255 g/mol. The Labute approximate surface area is 107 Å². The van der Waals surface area contributed by atoms with E-state index >= 15 is 0 Å². The van der Waals surface area contributed by atoms with E-state index in [2.05, 4.69) is 12.2 Å². The normalized spacial score (nSPS) is 23.3. The van der Waals surface area contributed by atoms with Gasteiger partial charge in [0.05, 0.1) is 6.54 Å². The first-order valence-electron chi connectivity index (χ1n) is 6.50. The van der Waals surface area contributed by atoms with Crippen molar-refractivity contribution in [2.24, 2.45) is 0 Å². The third kappa shape index (κ3) is 3.60. The standard InChI is InChI=1S/C12H21N3O3/c1-12(3-4-12)13-11(18)15-6-2-5-14(7-8-15)9-10(16)17/h2-9H2,1H3,(H,13,18)(H,16,17). The molecule has 18 heavy (non-hydrogen) atoms. The summed E-state index contributed by atoms with van der Waals surface area (Å²) < 4.78 is 0. The van der Waals surface area contributed by atoms with E-state index in [9.17, 15) is 9.59 Å². The summed E-state index contributed by atoms with van der Waals surface area (Å²) in [6, 6.07) is -0.00725. The predicted molar refractivity (Wildman–Crippen MR) is 66.4 cm³/mol. The van der Waals surface area contributed by atoms with Crippen LogP contribution < -0.4 is 5.32 Å². The van der Waals surface area contributed by atoms with Crippen LogP contribution in [0.4, 0.5) is 4.79 Å². The summed E-state index contributed by atoms with van der Waals surface area (Å²) in [6.07, 6.45) is 2.94. The zero-order valence-corrected chi connectivity index (χ0v) is 10.8. The fraction of sp³-hybridized carbons (Fsp3) is 0.833. The van der Waals surface area contributed by atoms with Gasteiger partial charge in [-0.2, -0.15) is 0 Å². The van der Waals surface area contributed by atoms with Crippen LogP contribution in [0, 0.1) is 0 Å². The van der Waals surface area contributed by atoms with Crippen LogP contribution in [-0.4, -0.2) is 65.2 Å². The van der Waals surface area contributed by atoms with Gasteiger partial charge in [-0.05, 0) is 26.2 Å². The Bertz CT molecular complexity index is 341. The zero-order chi connectivity index (χ0) is 13.2. The van der Waals surface area contributed by atoms with E-state index in [1.165, 1.54) is 0 Å². The maximum absolute atomic E-state index is 12.0. The summed E-state index contributed by atoms with van der Waals surface area (Å²) in [5.41, 5.74) is 0.00411. The van der Waals surface area contributed by atoms with Crippen molar-refractivity contribution in [3.63, 3.8) is 0 Å². The minimum atomic E-state index is -0.807. The van der Waals surface area contributed by atoms with Crippen molar-refractivity contribution in [1.29, 1.82) is 0 Å². The third-order valence-electron chi connectivity index (χ3n) is 3.64. The molecule has 6 nitrogen and oxygen atoms in total. The lowest BCUT2D eigenvalue weighted by molar-refractivity contribution is -0.138. The Morgan fingerprint density at radius 1 is 1.22 bits per heavy atom. The second kappa shape index (κ2) is 5.14. The molecule has 2 fully saturated rings. The van der Waals surface area contributed by atoms with Gasteiger partial charge in [0.25, 0.3) is 0 Å². The molecule has 2 amide bonds. The smallest absolute Gasteiger partial charge is 0.317 e. The van der Waals surface area contributed by atoms with E-state index < -0.39 is 5.97 Å². The number of aliphatic carboxylic acids is 1. The molecule has 0 spiro atoms. The molecular weight excluding hydrogens is 234 g/mol. The lowest BCUT2D eigenvalue weighted by Gasteiger charge is -2.23. The second-order valence-corrected chi connectivity index (χ2v) is 5.50. The summed E-state index contributed by atoms with van der Waals surface area (Å²) in [5.74, 6) is -0.807. The number of hydrogen-bond acceptors (Lipinski definition) is 3. The molecule has 102 valence electrons. The largest absolute Gasteiger partial charge is 0.480 e. The number of carboxylic acids is 1. The highest BCUT2D eigenvalue weighted by molar-refractivity contribution is 5.75. The molecule has 6 heteroatoms. The van der Waals surface area contributed by atoms with Gasteiger partial charge in [0.1, 0.15) is 0 Å². The molecule has 1 aliphatic carbocycles. The van der Waals surface area contributed by atoms with Gasteiger partial charge in [-0.15, -0.1) is 0 Å². The second-order valence-electron chi connectivity index (χ2n) is 5.50. The van der Waals surface area contributed by atoms with E-state index in [4.69, 9.17) is 5.11 Å². The summed E-state index contributed by atoms with van der Waals surface area (Å²) >= 11 is 0. The lowest BCUT2D eigenvalue weighted by Crippen LogP contribution is -2.46. The molecule has 2 N–H and O–H groups in total. The minimum absolute atomic E-state index is 0.00411. The van der Waals surface area contributed by atoms with Gasteiger partial charge in [0.2, 0.25) is 0 Å². The predicted octanol–water partition coefficient (Wildman–Crippen LogP) is 0.341. The number of nitrogens with zero attached hydrogens (tertiary/aromatic N) is 2. The van der Waals surface area contributed by atoms with Crippen LogP contribution in [0.15, 0.2) is 0 Å². The van der Waals surface area contributed by atoms with Crippen molar-refractivity contribution in [3.05, 3.63) is 0 Å². The monoisotopic (exact) mass is 255 g/mol. The van der Waals surface area contributed by atoms with Gasteiger partial charge in [0.15, 0.2) is 0 Å². The summed E-state index contributed by atoms with van der Waals surface area (Å²) in [5, 5.41) is 11.8. The van der Waals surface area contributed by atoms with Gasteiger partial charge in [0, 0.05) is 31.7 Å². The first-order valence-corrected chi connectivity index (χ1v) is 6.50. The number of nitrogens with one attached hydrogen (secondary N) is 1. The summed E-state index contributed by atoms with van der Waals surface area (Å²) in [4.78, 5) is 26.4. The molecule has 0 radical (unpaired) electrons. The number of rotatable bonds is 3. The topological polar surface area (TPSA) is 72.9 Å². The molecule has 2 aliphatic rings. The first-order chi connectivity index (χ1) is 8.48. The molecule has 0 aromatic carbocycles. The fourth-order valence-corrected chi connectivity index (χ4v) is 2.17. The van der Waals surface area contributed by atoms with Crippen molar-refractivity contribution in [3.8, 4) is 0 Å². The van der Waals surface area contributed by atoms with Gasteiger partial charge >= 0.3 is 12.0 Å². The molecular formula is C12H21N3O3. The van der Waals surface area contributed by atoms with Gasteiger partial charge in [-0.1, -0.05) is 0 Å². The Balaban J connectivity index is 1.80. The van der Waals surface area contributed by atoms with E-state index in [1.54, 1.807) is 4.90 Å². The van der Waals surface area contributed by atoms with Crippen molar-refractivity contribution in [2.75, 3.05) is 32.7 Å². The lowest BCUT2D eigenvalue weighted by atomic mass is 10.3. The van der Waals surface area contributed by atoms with Crippen LogP contribution in [0.2, 0.25) is 0 Å². The molecule has 0 unspecified atom stereocenters. The van der Waals surface area contributed by atoms with E-state index in [-0.39, 0.29) is 18.1 Å². The first kappa shape index (κ1) is 13.1. The van der Waals surface area contributed by atoms with Crippen LogP contribution in [0.25, 0.3) is 0 Å². The van der Waals surface area contributed by atoms with Crippen LogP contribution in [0.1, 0.15) is 26.2 Å². The summed E-state index contributed by atoms with van der Waals surface area (Å²) in [7, 11) is 0. The number of hydrogen-bond donors (Lipinski definition) is 2. The van der Waals surface area contributed by atoms with Crippen molar-refractivity contribution < 1.29 is 14.7 Å². The molecule has 1 saturated heterocycles. The van der Waals surface area contributed by atoms with Crippen LogP contribution in [-0.2, 0) is 4.79 Å². The number of urea groups is 1.